The summed E-state index contributed by atoms with van der Waals surface area (Å²) in [7, 11) is 0. The smallest absolute Gasteiger partial charge is 0.000527 e. The van der Waals surface area contributed by atoms with Crippen LogP contribution >= 0.6 is 0 Å². The molecular formula is C11H23N. The van der Waals surface area contributed by atoms with Crippen molar-refractivity contribution >= 4 is 0 Å². The van der Waals surface area contributed by atoms with Crippen molar-refractivity contribution in [2.45, 2.75) is 46.5 Å². The molecule has 0 aliphatic heterocycles. The van der Waals surface area contributed by atoms with Crippen LogP contribution in [-0.2, 0) is 0 Å². The highest BCUT2D eigenvalue weighted by Gasteiger charge is 2.30. The zero-order valence-electron chi connectivity index (χ0n) is 8.82. The van der Waals surface area contributed by atoms with Gasteiger partial charge in [-0.25, -0.2) is 0 Å². The predicted octanol–water partition coefficient (Wildman–Crippen LogP) is 2.81. The summed E-state index contributed by atoms with van der Waals surface area (Å²) in [6.45, 7) is 9.41. The molecule has 1 saturated carbocycles. The molecule has 1 atom stereocenters. The van der Waals surface area contributed by atoms with Crippen molar-refractivity contribution < 1.29 is 0 Å². The molecule has 1 rings (SSSR count). The lowest BCUT2D eigenvalue weighted by Crippen LogP contribution is -2.38. The van der Waals surface area contributed by atoms with Crippen molar-refractivity contribution in [3.63, 3.8) is 0 Å². The molecule has 0 heterocycles. The first-order valence-corrected chi connectivity index (χ1v) is 5.37. The van der Waals surface area contributed by atoms with Crippen molar-refractivity contribution in [2.75, 3.05) is 13.1 Å². The van der Waals surface area contributed by atoms with E-state index in [1.165, 1.54) is 38.8 Å². The summed E-state index contributed by atoms with van der Waals surface area (Å²) in [5.74, 6) is 0.841. The average molecular weight is 169 g/mol. The van der Waals surface area contributed by atoms with E-state index in [1.54, 1.807) is 0 Å². The second kappa shape index (κ2) is 4.27. The Labute approximate surface area is 76.9 Å². The second-order valence-corrected chi connectivity index (χ2v) is 4.81. The van der Waals surface area contributed by atoms with E-state index < -0.39 is 0 Å². The van der Waals surface area contributed by atoms with Gasteiger partial charge in [0.25, 0.3) is 0 Å². The molecule has 0 saturated heterocycles. The van der Waals surface area contributed by atoms with E-state index in [1.807, 2.05) is 0 Å². The largest absolute Gasteiger partial charge is 0.316 e. The maximum atomic E-state index is 3.58. The molecular weight excluding hydrogens is 146 g/mol. The first-order chi connectivity index (χ1) is 5.66. The van der Waals surface area contributed by atoms with Crippen molar-refractivity contribution in [3.05, 3.63) is 0 Å². The van der Waals surface area contributed by atoms with Crippen LogP contribution in [0.15, 0.2) is 0 Å². The van der Waals surface area contributed by atoms with Crippen molar-refractivity contribution in [3.8, 4) is 0 Å². The van der Waals surface area contributed by atoms with Crippen LogP contribution in [0.2, 0.25) is 0 Å². The minimum atomic E-state index is 0.646. The summed E-state index contributed by atoms with van der Waals surface area (Å²) >= 11 is 0. The first-order valence-electron chi connectivity index (χ1n) is 5.37. The second-order valence-electron chi connectivity index (χ2n) is 4.81. The zero-order valence-corrected chi connectivity index (χ0v) is 8.82. The minimum absolute atomic E-state index is 0.646. The molecule has 1 aliphatic rings. The van der Waals surface area contributed by atoms with Gasteiger partial charge in [0.05, 0.1) is 0 Å². The third-order valence-corrected chi connectivity index (χ3v) is 3.30. The first kappa shape index (κ1) is 10.0. The molecule has 12 heavy (non-hydrogen) atoms. The summed E-state index contributed by atoms with van der Waals surface area (Å²) in [6.07, 6.45) is 5.60. The Balaban J connectivity index is 2.01. The Morgan fingerprint density at radius 3 is 2.50 bits per heavy atom. The zero-order chi connectivity index (χ0) is 9.03. The summed E-state index contributed by atoms with van der Waals surface area (Å²) in [5.41, 5.74) is 0.646. The highest BCUT2D eigenvalue weighted by molar-refractivity contribution is 4.85. The van der Waals surface area contributed by atoms with Crippen LogP contribution in [-0.4, -0.2) is 13.1 Å². The summed E-state index contributed by atoms with van der Waals surface area (Å²) in [4.78, 5) is 0. The van der Waals surface area contributed by atoms with E-state index >= 15 is 0 Å². The highest BCUT2D eigenvalue weighted by atomic mass is 14.9. The Bertz CT molecular complexity index is 127. The molecule has 1 heteroatoms. The van der Waals surface area contributed by atoms with E-state index in [9.17, 15) is 0 Å². The van der Waals surface area contributed by atoms with Gasteiger partial charge in [-0.15, -0.1) is 0 Å². The van der Waals surface area contributed by atoms with E-state index in [-0.39, 0.29) is 0 Å². The van der Waals surface area contributed by atoms with E-state index in [0.717, 1.165) is 5.92 Å². The van der Waals surface area contributed by atoms with Crippen LogP contribution in [0.5, 0.6) is 0 Å². The minimum Gasteiger partial charge on any atom is -0.316 e. The third-order valence-electron chi connectivity index (χ3n) is 3.30. The van der Waals surface area contributed by atoms with Crippen LogP contribution in [0.25, 0.3) is 0 Å². The lowest BCUT2D eigenvalue weighted by molar-refractivity contribution is 0.155. The van der Waals surface area contributed by atoms with Crippen molar-refractivity contribution in [2.24, 2.45) is 11.3 Å². The molecule has 1 nitrogen and oxygen atoms in total. The number of nitrogens with one attached hydrogen (secondary N) is 1. The molecule has 0 radical (unpaired) electrons. The molecule has 1 unspecified atom stereocenters. The Kier molecular flexibility index (Phi) is 3.57. The van der Waals surface area contributed by atoms with Gasteiger partial charge in [-0.3, -0.25) is 0 Å². The van der Waals surface area contributed by atoms with E-state index in [4.69, 9.17) is 0 Å². The maximum Gasteiger partial charge on any atom is 0.000527 e. The summed E-state index contributed by atoms with van der Waals surface area (Å²) in [5, 5.41) is 3.58. The van der Waals surface area contributed by atoms with Crippen LogP contribution in [0.1, 0.15) is 46.5 Å². The van der Waals surface area contributed by atoms with Crippen LogP contribution in [0, 0.1) is 11.3 Å². The van der Waals surface area contributed by atoms with Gasteiger partial charge in [-0.2, -0.15) is 0 Å². The molecule has 0 aromatic carbocycles. The molecule has 0 spiro atoms. The van der Waals surface area contributed by atoms with Gasteiger partial charge in [0.2, 0.25) is 0 Å². The van der Waals surface area contributed by atoms with E-state index in [0.29, 0.717) is 5.41 Å². The molecule has 0 aromatic rings. The molecule has 1 aliphatic carbocycles. The Morgan fingerprint density at radius 2 is 2.08 bits per heavy atom. The van der Waals surface area contributed by atoms with Gasteiger partial charge in [-0.1, -0.05) is 33.6 Å². The molecule has 1 fully saturated rings. The van der Waals surface area contributed by atoms with Gasteiger partial charge >= 0.3 is 0 Å². The quantitative estimate of drug-likeness (QED) is 0.667. The lowest BCUT2D eigenvalue weighted by Gasteiger charge is -2.38. The molecule has 0 aromatic heterocycles. The topological polar surface area (TPSA) is 12.0 Å². The van der Waals surface area contributed by atoms with Crippen LogP contribution in [0.4, 0.5) is 0 Å². The van der Waals surface area contributed by atoms with Crippen LogP contribution in [0.3, 0.4) is 0 Å². The average Bonchev–Trinajstić information content (AvgIpc) is 2.01. The van der Waals surface area contributed by atoms with Gasteiger partial charge in [0, 0.05) is 6.54 Å². The number of hydrogen-bond donors (Lipinski definition) is 1. The molecule has 0 amide bonds. The standard InChI is InChI=1S/C11H23N/c1-4-10(2)8-12-9-11(3)6-5-7-11/h10,12H,4-9H2,1-3H3. The fourth-order valence-corrected chi connectivity index (χ4v) is 1.72. The van der Waals surface area contributed by atoms with Gasteiger partial charge in [-0.05, 0) is 30.7 Å². The Morgan fingerprint density at radius 1 is 1.42 bits per heavy atom. The normalized spacial score (nSPS) is 23.2. The van der Waals surface area contributed by atoms with Gasteiger partial charge < -0.3 is 5.32 Å². The predicted molar refractivity (Wildman–Crippen MR) is 54.3 cm³/mol. The fraction of sp³-hybridized carbons (Fsp3) is 1.00. The van der Waals surface area contributed by atoms with Gasteiger partial charge in [0.15, 0.2) is 0 Å². The summed E-state index contributed by atoms with van der Waals surface area (Å²) < 4.78 is 0. The number of rotatable bonds is 5. The molecule has 0 bridgehead atoms. The van der Waals surface area contributed by atoms with E-state index in [2.05, 4.69) is 26.1 Å². The van der Waals surface area contributed by atoms with Gasteiger partial charge in [0.1, 0.15) is 0 Å². The molecule has 1 N–H and O–H groups in total. The fourth-order valence-electron chi connectivity index (χ4n) is 1.72. The lowest BCUT2D eigenvalue weighted by atomic mass is 9.70. The maximum absolute atomic E-state index is 3.58. The SMILES string of the molecule is CCC(C)CNCC1(C)CCC1. The number of hydrogen-bond acceptors (Lipinski definition) is 1. The highest BCUT2D eigenvalue weighted by Crippen LogP contribution is 2.39. The summed E-state index contributed by atoms with van der Waals surface area (Å²) in [6, 6.07) is 0. The van der Waals surface area contributed by atoms with Crippen molar-refractivity contribution in [1.82, 2.24) is 5.32 Å². The molecule has 72 valence electrons. The van der Waals surface area contributed by atoms with Crippen molar-refractivity contribution in [1.29, 1.82) is 0 Å². The Hall–Kier alpha value is -0.0400. The monoisotopic (exact) mass is 169 g/mol. The van der Waals surface area contributed by atoms with Crippen LogP contribution < -0.4 is 5.32 Å². The third kappa shape index (κ3) is 2.78.